The fourth-order valence-electron chi connectivity index (χ4n) is 3.26. The number of rotatable bonds is 3. The summed E-state index contributed by atoms with van der Waals surface area (Å²) in [6, 6.07) is 8.75. The molecule has 2 aliphatic rings. The largest absolute Gasteiger partial charge is 0.378 e. The third-order valence-corrected chi connectivity index (χ3v) is 4.41. The Hall–Kier alpha value is -0.900. The van der Waals surface area contributed by atoms with Crippen LogP contribution in [0.25, 0.3) is 0 Å². The van der Waals surface area contributed by atoms with Crippen LogP contribution < -0.4 is 5.73 Å². The average molecular weight is 261 g/mol. The lowest BCUT2D eigenvalue weighted by molar-refractivity contribution is 0.0272. The summed E-state index contributed by atoms with van der Waals surface area (Å²) in [6.45, 7) is 3.74. The van der Waals surface area contributed by atoms with Crippen LogP contribution in [0.4, 0.5) is 0 Å². The number of hydrogen-bond donors (Lipinski definition) is 1. The lowest BCUT2D eigenvalue weighted by Gasteiger charge is -2.29. The Morgan fingerprint density at radius 3 is 2.95 bits per heavy atom. The quantitative estimate of drug-likeness (QED) is 0.909. The zero-order chi connectivity index (χ0) is 13.2. The first-order valence-corrected chi connectivity index (χ1v) is 7.30. The predicted octanol–water partition coefficient (Wildman–Crippen LogP) is 2.44. The van der Waals surface area contributed by atoms with Crippen molar-refractivity contribution in [3.05, 3.63) is 35.4 Å². The Morgan fingerprint density at radius 2 is 2.16 bits per heavy atom. The van der Waals surface area contributed by atoms with E-state index in [9.17, 15) is 0 Å². The molecule has 2 N–H and O–H groups in total. The fourth-order valence-corrected chi connectivity index (χ4v) is 3.26. The van der Waals surface area contributed by atoms with Gasteiger partial charge in [0.15, 0.2) is 0 Å². The second-order valence-corrected chi connectivity index (χ2v) is 5.85. The molecular formula is C16H23NO2. The van der Waals surface area contributed by atoms with Crippen molar-refractivity contribution in [2.45, 2.75) is 44.4 Å². The van der Waals surface area contributed by atoms with Gasteiger partial charge < -0.3 is 15.2 Å². The van der Waals surface area contributed by atoms with Gasteiger partial charge >= 0.3 is 0 Å². The minimum Gasteiger partial charge on any atom is -0.378 e. The third kappa shape index (κ3) is 2.83. The van der Waals surface area contributed by atoms with Gasteiger partial charge in [-0.2, -0.15) is 0 Å². The van der Waals surface area contributed by atoms with E-state index in [4.69, 9.17) is 15.2 Å². The van der Waals surface area contributed by atoms with Crippen molar-refractivity contribution in [3.63, 3.8) is 0 Å². The van der Waals surface area contributed by atoms with Crippen LogP contribution in [0.3, 0.4) is 0 Å². The molecule has 4 unspecified atom stereocenters. The Morgan fingerprint density at radius 1 is 1.32 bits per heavy atom. The van der Waals surface area contributed by atoms with Gasteiger partial charge in [-0.25, -0.2) is 0 Å². The highest BCUT2D eigenvalue weighted by atomic mass is 16.5. The van der Waals surface area contributed by atoms with Gasteiger partial charge in [0, 0.05) is 6.04 Å². The maximum Gasteiger partial charge on any atom is 0.0842 e. The van der Waals surface area contributed by atoms with Crippen LogP contribution in [0.2, 0.25) is 0 Å². The van der Waals surface area contributed by atoms with Gasteiger partial charge in [0.25, 0.3) is 0 Å². The van der Waals surface area contributed by atoms with E-state index in [-0.39, 0.29) is 12.1 Å². The average Bonchev–Trinajstić information content (AvgIpc) is 2.86. The number of nitrogens with two attached hydrogens (primary N) is 1. The minimum absolute atomic E-state index is 0.163. The van der Waals surface area contributed by atoms with Crippen molar-refractivity contribution < 1.29 is 9.47 Å². The standard InChI is InChI=1S/C16H23NO2/c1-11-8-13(10-19-11)15(17)9-16-14-5-3-2-4-12(14)6-7-18-16/h2-5,11,13,15-16H,6-10,17H2,1H3. The molecule has 3 heteroatoms. The molecule has 0 amide bonds. The molecule has 3 nitrogen and oxygen atoms in total. The summed E-state index contributed by atoms with van der Waals surface area (Å²) in [5.74, 6) is 0.479. The van der Waals surface area contributed by atoms with E-state index in [1.54, 1.807) is 0 Å². The molecule has 2 aliphatic heterocycles. The molecule has 1 aromatic carbocycles. The van der Waals surface area contributed by atoms with Crippen LogP contribution in [0.15, 0.2) is 24.3 Å². The van der Waals surface area contributed by atoms with Gasteiger partial charge in [0.05, 0.1) is 25.4 Å². The highest BCUT2D eigenvalue weighted by molar-refractivity contribution is 5.31. The van der Waals surface area contributed by atoms with Crippen LogP contribution in [0, 0.1) is 5.92 Å². The first-order valence-electron chi connectivity index (χ1n) is 7.30. The van der Waals surface area contributed by atoms with Crippen molar-refractivity contribution in [2.24, 2.45) is 11.7 Å². The van der Waals surface area contributed by atoms with Gasteiger partial charge in [0.1, 0.15) is 0 Å². The highest BCUT2D eigenvalue weighted by Gasteiger charge is 2.31. The second kappa shape index (κ2) is 5.61. The molecule has 1 saturated heterocycles. The number of ether oxygens (including phenoxy) is 2. The molecule has 1 aromatic rings. The molecular weight excluding hydrogens is 238 g/mol. The molecule has 0 radical (unpaired) electrons. The monoisotopic (exact) mass is 261 g/mol. The molecule has 0 aromatic heterocycles. The summed E-state index contributed by atoms with van der Waals surface area (Å²) < 4.78 is 11.6. The number of fused-ring (bicyclic) bond motifs is 1. The summed E-state index contributed by atoms with van der Waals surface area (Å²) in [7, 11) is 0. The molecule has 2 heterocycles. The molecule has 4 atom stereocenters. The van der Waals surface area contributed by atoms with Gasteiger partial charge in [-0.05, 0) is 43.2 Å². The van der Waals surface area contributed by atoms with Crippen molar-refractivity contribution in [1.29, 1.82) is 0 Å². The van der Waals surface area contributed by atoms with E-state index in [1.165, 1.54) is 11.1 Å². The molecule has 0 saturated carbocycles. The molecule has 0 bridgehead atoms. The first kappa shape index (κ1) is 13.1. The van der Waals surface area contributed by atoms with E-state index >= 15 is 0 Å². The van der Waals surface area contributed by atoms with Crippen LogP contribution in [-0.2, 0) is 15.9 Å². The summed E-state index contributed by atoms with van der Waals surface area (Å²) in [6.07, 6.45) is 3.52. The lowest BCUT2D eigenvalue weighted by atomic mass is 9.88. The second-order valence-electron chi connectivity index (χ2n) is 5.85. The Labute approximate surface area is 115 Å². The Bertz CT molecular complexity index is 435. The van der Waals surface area contributed by atoms with Crippen molar-refractivity contribution in [2.75, 3.05) is 13.2 Å². The molecule has 104 valence electrons. The van der Waals surface area contributed by atoms with Crippen molar-refractivity contribution in [1.82, 2.24) is 0 Å². The summed E-state index contributed by atoms with van der Waals surface area (Å²) >= 11 is 0. The van der Waals surface area contributed by atoms with Crippen molar-refractivity contribution in [3.8, 4) is 0 Å². The van der Waals surface area contributed by atoms with Gasteiger partial charge in [-0.15, -0.1) is 0 Å². The number of benzene rings is 1. The van der Waals surface area contributed by atoms with E-state index < -0.39 is 0 Å². The van der Waals surface area contributed by atoms with Crippen LogP contribution >= 0.6 is 0 Å². The Balaban J connectivity index is 1.67. The maximum atomic E-state index is 6.37. The third-order valence-electron chi connectivity index (χ3n) is 4.41. The minimum atomic E-state index is 0.163. The topological polar surface area (TPSA) is 44.5 Å². The lowest BCUT2D eigenvalue weighted by Crippen LogP contribution is -2.34. The Kier molecular flexibility index (Phi) is 3.87. The molecule has 19 heavy (non-hydrogen) atoms. The summed E-state index contributed by atoms with van der Waals surface area (Å²) in [4.78, 5) is 0. The molecule has 1 fully saturated rings. The predicted molar refractivity (Wildman–Crippen MR) is 75.0 cm³/mol. The molecule has 3 rings (SSSR count). The van der Waals surface area contributed by atoms with Crippen LogP contribution in [-0.4, -0.2) is 25.4 Å². The smallest absolute Gasteiger partial charge is 0.0842 e. The van der Waals surface area contributed by atoms with Gasteiger partial charge in [-0.1, -0.05) is 24.3 Å². The van der Waals surface area contributed by atoms with Crippen LogP contribution in [0.1, 0.15) is 37.0 Å². The first-order chi connectivity index (χ1) is 9.24. The maximum absolute atomic E-state index is 6.37. The zero-order valence-electron chi connectivity index (χ0n) is 11.5. The van der Waals surface area contributed by atoms with Gasteiger partial charge in [0.2, 0.25) is 0 Å². The highest BCUT2D eigenvalue weighted by Crippen LogP contribution is 2.33. The van der Waals surface area contributed by atoms with E-state index in [2.05, 4.69) is 31.2 Å². The normalized spacial score (nSPS) is 32.0. The van der Waals surface area contributed by atoms with Crippen LogP contribution in [0.5, 0.6) is 0 Å². The summed E-state index contributed by atoms with van der Waals surface area (Å²) in [5.41, 5.74) is 9.12. The van der Waals surface area contributed by atoms with Crippen molar-refractivity contribution >= 4 is 0 Å². The van der Waals surface area contributed by atoms with E-state index in [0.29, 0.717) is 12.0 Å². The fraction of sp³-hybridized carbons (Fsp3) is 0.625. The van der Waals surface area contributed by atoms with Gasteiger partial charge in [-0.3, -0.25) is 0 Å². The number of hydrogen-bond acceptors (Lipinski definition) is 3. The van der Waals surface area contributed by atoms with E-state index in [1.807, 2.05) is 0 Å². The zero-order valence-corrected chi connectivity index (χ0v) is 11.5. The van der Waals surface area contributed by atoms with E-state index in [0.717, 1.165) is 32.5 Å². The summed E-state index contributed by atoms with van der Waals surface area (Å²) in [5, 5.41) is 0. The molecule has 0 spiro atoms. The SMILES string of the molecule is CC1CC(C(N)CC2OCCc3ccccc32)CO1. The molecule has 0 aliphatic carbocycles.